The molecule has 0 fully saturated rings. The average molecular weight is 989 g/mol. The van der Waals surface area contributed by atoms with E-state index in [0.29, 0.717) is 22.5 Å². The molecular weight excluding hydrogens is 931 g/mol. The Morgan fingerprint density at radius 1 is 0.276 bits per heavy atom. The van der Waals surface area contributed by atoms with E-state index in [4.69, 9.17) is 0 Å². The fourth-order valence-electron chi connectivity index (χ4n) is 11.5. The van der Waals surface area contributed by atoms with Gasteiger partial charge in [0.25, 0.3) is 0 Å². The first-order valence-electron chi connectivity index (χ1n) is 26.2. The highest BCUT2D eigenvalue weighted by Gasteiger charge is 2.28. The first kappa shape index (κ1) is 48.1. The van der Waals surface area contributed by atoms with Crippen molar-refractivity contribution in [1.29, 1.82) is 0 Å². The van der Waals surface area contributed by atoms with Crippen LogP contribution in [0.25, 0.3) is 76.8 Å². The number of halogens is 2. The van der Waals surface area contributed by atoms with Crippen LogP contribution in [0.5, 0.6) is 0 Å². The minimum absolute atomic E-state index is 0.302. The molecule has 0 saturated carbocycles. The lowest BCUT2D eigenvalue weighted by Gasteiger charge is -2.31. The number of hydrogen-bond acceptors (Lipinski definition) is 2. The van der Waals surface area contributed by atoms with E-state index in [2.05, 4.69) is 211 Å². The zero-order valence-corrected chi connectivity index (χ0v) is 44.3. The number of rotatable bonds is 10. The van der Waals surface area contributed by atoms with Gasteiger partial charge in [-0.15, -0.1) is 0 Å². The third-order valence-electron chi connectivity index (χ3n) is 15.5. The highest BCUT2D eigenvalue weighted by molar-refractivity contribution is 6.28. The molecule has 0 N–H and O–H groups in total. The predicted molar refractivity (Wildman–Crippen MR) is 319 cm³/mol. The van der Waals surface area contributed by atoms with Gasteiger partial charge >= 0.3 is 0 Å². The van der Waals surface area contributed by atoms with Gasteiger partial charge in [-0.3, -0.25) is 0 Å². The molecule has 2 nitrogen and oxygen atoms in total. The second-order valence-corrected chi connectivity index (χ2v) is 20.9. The molecule has 0 bridgehead atoms. The molecule has 12 aromatic carbocycles. The Hall–Kier alpha value is -8.86. The monoisotopic (exact) mass is 988 g/mol. The van der Waals surface area contributed by atoms with Crippen LogP contribution in [-0.4, -0.2) is 0 Å². The van der Waals surface area contributed by atoms with Crippen molar-refractivity contribution in [2.24, 2.45) is 0 Å². The third kappa shape index (κ3) is 8.35. The maximum absolute atomic E-state index is 18.3. The van der Waals surface area contributed by atoms with Crippen molar-refractivity contribution in [3.8, 4) is 44.5 Å². The lowest BCUT2D eigenvalue weighted by molar-refractivity contribution is 0.632. The molecule has 0 radical (unpaired) electrons. The number of para-hydroxylation sites is 2. The Labute approximate surface area is 445 Å². The Kier molecular flexibility index (Phi) is 12.1. The van der Waals surface area contributed by atoms with Gasteiger partial charge in [-0.05, 0) is 193 Å². The number of aryl methyl sites for hydroxylation is 8. The summed E-state index contributed by atoms with van der Waals surface area (Å²) in [5.41, 5.74) is 19.7. The second kappa shape index (κ2) is 19.1. The minimum atomic E-state index is -0.302. The Morgan fingerprint density at radius 2 is 0.605 bits per heavy atom. The lowest BCUT2D eigenvalue weighted by Crippen LogP contribution is -2.14. The number of anilines is 6. The summed E-state index contributed by atoms with van der Waals surface area (Å²) in [5, 5.41) is 6.12. The molecule has 0 saturated heterocycles. The van der Waals surface area contributed by atoms with Gasteiger partial charge in [0, 0.05) is 33.3 Å². The summed E-state index contributed by atoms with van der Waals surface area (Å²) in [6, 6.07) is 71.2. The van der Waals surface area contributed by atoms with Crippen molar-refractivity contribution in [3.63, 3.8) is 0 Å². The number of benzene rings is 12. The van der Waals surface area contributed by atoms with E-state index >= 15 is 8.78 Å². The SMILES string of the molecule is Cc1ccc(C)c(-c2cc(-c3cc(C)ccc3C)c(F)c(N(c3ccccc3)c3ccc4ccc5c(N(c6ccccc6)c6cc(-c7cc(C)ccc7C)cc(-c7cc(C)ccc7C)c6F)ccc6ccc3c4c65)c2)c1. The van der Waals surface area contributed by atoms with Gasteiger partial charge in [0.15, 0.2) is 11.6 Å². The molecule has 0 aliphatic carbocycles. The van der Waals surface area contributed by atoms with E-state index in [1.807, 2.05) is 60.7 Å². The first-order chi connectivity index (χ1) is 36.8. The Morgan fingerprint density at radius 3 is 0.974 bits per heavy atom. The molecular formula is C72H58F2N2. The van der Waals surface area contributed by atoms with Gasteiger partial charge in [-0.1, -0.05) is 168 Å². The number of hydrogen-bond donors (Lipinski definition) is 0. The van der Waals surface area contributed by atoms with Gasteiger partial charge in [0.2, 0.25) is 0 Å². The van der Waals surface area contributed by atoms with Crippen LogP contribution in [0.4, 0.5) is 42.9 Å². The molecule has 0 atom stereocenters. The molecule has 0 aromatic heterocycles. The highest BCUT2D eigenvalue weighted by atomic mass is 19.1. The van der Waals surface area contributed by atoms with Crippen LogP contribution in [0.2, 0.25) is 0 Å². The summed E-state index contributed by atoms with van der Waals surface area (Å²) in [6.45, 7) is 16.7. The van der Waals surface area contributed by atoms with Gasteiger partial charge in [-0.25, -0.2) is 8.78 Å². The fourth-order valence-corrected chi connectivity index (χ4v) is 11.5. The minimum Gasteiger partial charge on any atom is -0.307 e. The molecule has 0 aliphatic heterocycles. The van der Waals surface area contributed by atoms with Crippen molar-refractivity contribution in [1.82, 2.24) is 0 Å². The smallest absolute Gasteiger partial charge is 0.155 e. The maximum Gasteiger partial charge on any atom is 0.155 e. The normalized spacial score (nSPS) is 11.6. The van der Waals surface area contributed by atoms with E-state index in [1.165, 1.54) is 0 Å². The second-order valence-electron chi connectivity index (χ2n) is 20.9. The van der Waals surface area contributed by atoms with Gasteiger partial charge in [0.05, 0.1) is 22.7 Å². The molecule has 0 spiro atoms. The standard InChI is InChI=1S/C72H58F2N2/c1-43-19-23-47(5)59(35-43)53-39-63(61-37-45(3)21-25-49(61)7)71(73)67(41-53)75(55-15-11-9-12-16-55)65-33-29-51-28-32-58-66(34-30-52-27-31-57(65)69(51)70(52)58)76(56-17-13-10-14-18-56)68-42-54(60-36-44(2)20-24-48(60)6)40-64(72(68)74)62-38-46(4)22-26-50(62)8/h9-42H,1-8H3. The molecule has 0 aliphatic rings. The van der Waals surface area contributed by atoms with E-state index in [-0.39, 0.29) is 11.6 Å². The zero-order chi connectivity index (χ0) is 52.5. The zero-order valence-electron chi connectivity index (χ0n) is 44.3. The summed E-state index contributed by atoms with van der Waals surface area (Å²) in [6.07, 6.45) is 0. The number of nitrogens with zero attached hydrogens (tertiary/aromatic N) is 2. The van der Waals surface area contributed by atoms with Crippen LogP contribution in [0, 0.1) is 67.0 Å². The van der Waals surface area contributed by atoms with Crippen LogP contribution in [-0.2, 0) is 0 Å². The predicted octanol–water partition coefficient (Wildman–Crippen LogP) is 20.9. The van der Waals surface area contributed by atoms with Crippen molar-refractivity contribution < 1.29 is 8.78 Å². The molecule has 370 valence electrons. The molecule has 76 heavy (non-hydrogen) atoms. The lowest BCUT2D eigenvalue weighted by atomic mass is 9.90. The van der Waals surface area contributed by atoms with Crippen molar-refractivity contribution >= 4 is 66.4 Å². The molecule has 12 rings (SSSR count). The van der Waals surface area contributed by atoms with Crippen molar-refractivity contribution in [2.45, 2.75) is 55.4 Å². The first-order valence-corrected chi connectivity index (χ1v) is 26.2. The van der Waals surface area contributed by atoms with Crippen LogP contribution in [0.1, 0.15) is 44.5 Å². The van der Waals surface area contributed by atoms with E-state index in [1.54, 1.807) is 0 Å². The molecule has 4 heteroatoms. The maximum atomic E-state index is 18.3. The van der Waals surface area contributed by atoms with Crippen LogP contribution in [0.15, 0.2) is 206 Å². The third-order valence-corrected chi connectivity index (χ3v) is 15.5. The van der Waals surface area contributed by atoms with Crippen LogP contribution < -0.4 is 9.80 Å². The summed E-state index contributed by atoms with van der Waals surface area (Å²) in [5.74, 6) is -0.605. The van der Waals surface area contributed by atoms with Gasteiger partial charge in [0.1, 0.15) is 0 Å². The van der Waals surface area contributed by atoms with Crippen LogP contribution >= 0.6 is 0 Å². The molecule has 0 heterocycles. The van der Waals surface area contributed by atoms with Crippen LogP contribution in [0.3, 0.4) is 0 Å². The summed E-state index contributed by atoms with van der Waals surface area (Å²) in [7, 11) is 0. The summed E-state index contributed by atoms with van der Waals surface area (Å²) < 4.78 is 36.7. The molecule has 0 unspecified atom stereocenters. The van der Waals surface area contributed by atoms with Crippen molar-refractivity contribution in [2.75, 3.05) is 9.80 Å². The Bertz CT molecular complexity index is 3960. The van der Waals surface area contributed by atoms with E-state index in [0.717, 1.165) is 133 Å². The van der Waals surface area contributed by atoms with E-state index < -0.39 is 0 Å². The largest absolute Gasteiger partial charge is 0.307 e. The van der Waals surface area contributed by atoms with Gasteiger partial charge < -0.3 is 9.80 Å². The average Bonchev–Trinajstić information content (AvgIpc) is 3.57. The van der Waals surface area contributed by atoms with Gasteiger partial charge in [-0.2, -0.15) is 0 Å². The Balaban J connectivity index is 1.13. The van der Waals surface area contributed by atoms with Crippen molar-refractivity contribution in [3.05, 3.63) is 262 Å². The summed E-state index contributed by atoms with van der Waals surface area (Å²) in [4.78, 5) is 4.20. The molecule has 0 amide bonds. The fraction of sp³-hybridized carbons (Fsp3) is 0.111. The highest BCUT2D eigenvalue weighted by Crippen LogP contribution is 2.51. The molecule has 12 aromatic rings. The summed E-state index contributed by atoms with van der Waals surface area (Å²) >= 11 is 0. The topological polar surface area (TPSA) is 6.48 Å². The van der Waals surface area contributed by atoms with E-state index in [9.17, 15) is 0 Å². The quantitative estimate of drug-likeness (QED) is 0.126.